The number of rotatable bonds is 6. The molecule has 1 N–H and O–H groups in total. The van der Waals surface area contributed by atoms with Gasteiger partial charge in [-0.25, -0.2) is 4.98 Å². The number of nitro groups is 1. The molecule has 5 heteroatoms. The van der Waals surface area contributed by atoms with Gasteiger partial charge in [-0.05, 0) is 31.4 Å². The minimum atomic E-state index is -0.449. The molecule has 5 nitrogen and oxygen atoms in total. The summed E-state index contributed by atoms with van der Waals surface area (Å²) in [4.78, 5) is 14.1. The van der Waals surface area contributed by atoms with Crippen molar-refractivity contribution in [3.63, 3.8) is 0 Å². The summed E-state index contributed by atoms with van der Waals surface area (Å²) in [5.74, 6) is 0.663. The van der Waals surface area contributed by atoms with Crippen molar-refractivity contribution in [1.29, 1.82) is 0 Å². The first-order chi connectivity index (χ1) is 9.65. The molecule has 0 aliphatic carbocycles. The van der Waals surface area contributed by atoms with Gasteiger partial charge in [-0.2, -0.15) is 0 Å². The van der Waals surface area contributed by atoms with E-state index in [1.165, 1.54) is 17.8 Å². The number of anilines is 1. The predicted octanol–water partition coefficient (Wildman–Crippen LogP) is 3.42. The van der Waals surface area contributed by atoms with Crippen molar-refractivity contribution in [3.05, 3.63) is 64.3 Å². The highest BCUT2D eigenvalue weighted by molar-refractivity contribution is 5.40. The summed E-state index contributed by atoms with van der Waals surface area (Å²) in [6.45, 7) is 2.08. The molecule has 104 valence electrons. The highest BCUT2D eigenvalue weighted by Crippen LogP contribution is 2.14. The van der Waals surface area contributed by atoms with Gasteiger partial charge in [0.05, 0.1) is 4.92 Å². The average Bonchev–Trinajstić information content (AvgIpc) is 2.47. The zero-order valence-electron chi connectivity index (χ0n) is 11.3. The maximum Gasteiger partial charge on any atom is 0.287 e. The molecule has 20 heavy (non-hydrogen) atoms. The van der Waals surface area contributed by atoms with Crippen LogP contribution >= 0.6 is 0 Å². The van der Waals surface area contributed by atoms with E-state index in [0.29, 0.717) is 5.82 Å². The normalized spacial score (nSPS) is 11.8. The summed E-state index contributed by atoms with van der Waals surface area (Å²) < 4.78 is 0. The fourth-order valence-electron chi connectivity index (χ4n) is 1.93. The van der Waals surface area contributed by atoms with Crippen molar-refractivity contribution in [2.24, 2.45) is 0 Å². The molecule has 0 radical (unpaired) electrons. The second kappa shape index (κ2) is 6.65. The Morgan fingerprint density at radius 2 is 2.00 bits per heavy atom. The first kappa shape index (κ1) is 14.0. The van der Waals surface area contributed by atoms with Gasteiger partial charge in [-0.3, -0.25) is 10.1 Å². The Morgan fingerprint density at radius 3 is 2.60 bits per heavy atom. The Hall–Kier alpha value is -2.43. The van der Waals surface area contributed by atoms with Crippen LogP contribution in [0.25, 0.3) is 0 Å². The molecule has 0 spiro atoms. The smallest absolute Gasteiger partial charge is 0.287 e. The molecule has 0 amide bonds. The number of nitrogens with zero attached hydrogens (tertiary/aromatic N) is 2. The van der Waals surface area contributed by atoms with Gasteiger partial charge >= 0.3 is 0 Å². The quantitative estimate of drug-likeness (QED) is 0.645. The van der Waals surface area contributed by atoms with Gasteiger partial charge in [0.1, 0.15) is 12.0 Å². The molecule has 0 fully saturated rings. The van der Waals surface area contributed by atoms with E-state index in [1.807, 2.05) is 18.2 Å². The molecule has 1 atom stereocenters. The second-order valence-electron chi connectivity index (χ2n) is 4.73. The van der Waals surface area contributed by atoms with Crippen molar-refractivity contribution < 1.29 is 4.92 Å². The summed E-state index contributed by atoms with van der Waals surface area (Å²) in [6, 6.07) is 13.6. The van der Waals surface area contributed by atoms with E-state index in [0.717, 1.165) is 12.8 Å². The summed E-state index contributed by atoms with van der Waals surface area (Å²) in [5.41, 5.74) is 1.31. The van der Waals surface area contributed by atoms with Crippen LogP contribution in [0.4, 0.5) is 11.5 Å². The van der Waals surface area contributed by atoms with Gasteiger partial charge < -0.3 is 5.32 Å². The summed E-state index contributed by atoms with van der Waals surface area (Å²) >= 11 is 0. The van der Waals surface area contributed by atoms with Gasteiger partial charge in [0.2, 0.25) is 0 Å². The monoisotopic (exact) mass is 271 g/mol. The van der Waals surface area contributed by atoms with Crippen LogP contribution in [0.3, 0.4) is 0 Å². The molecule has 1 aromatic carbocycles. The molecule has 1 heterocycles. The van der Waals surface area contributed by atoms with Gasteiger partial charge in [0.25, 0.3) is 5.69 Å². The molecule has 0 aliphatic rings. The first-order valence-corrected chi connectivity index (χ1v) is 6.56. The van der Waals surface area contributed by atoms with E-state index in [1.54, 1.807) is 6.07 Å². The summed E-state index contributed by atoms with van der Waals surface area (Å²) in [5, 5.41) is 13.8. The molecule has 0 aliphatic heterocycles. The fourth-order valence-corrected chi connectivity index (χ4v) is 1.93. The van der Waals surface area contributed by atoms with Gasteiger partial charge in [-0.15, -0.1) is 0 Å². The lowest BCUT2D eigenvalue weighted by Gasteiger charge is -2.14. The van der Waals surface area contributed by atoms with Crippen LogP contribution in [0.15, 0.2) is 48.7 Å². The third-order valence-electron chi connectivity index (χ3n) is 3.06. The van der Waals surface area contributed by atoms with Crippen LogP contribution in [0.1, 0.15) is 18.9 Å². The van der Waals surface area contributed by atoms with E-state index >= 15 is 0 Å². The number of hydrogen-bond donors (Lipinski definition) is 1. The van der Waals surface area contributed by atoms with Crippen molar-refractivity contribution in [2.75, 3.05) is 5.32 Å². The molecule has 0 bridgehead atoms. The molecule has 1 aromatic heterocycles. The van der Waals surface area contributed by atoms with E-state index in [2.05, 4.69) is 29.4 Å². The van der Waals surface area contributed by atoms with Crippen LogP contribution in [-0.2, 0) is 6.42 Å². The third kappa shape index (κ3) is 4.05. The molecular formula is C15H17N3O2. The van der Waals surface area contributed by atoms with Crippen molar-refractivity contribution in [2.45, 2.75) is 25.8 Å². The Balaban J connectivity index is 1.85. The van der Waals surface area contributed by atoms with Crippen LogP contribution in [-0.4, -0.2) is 15.9 Å². The fraction of sp³-hybridized carbons (Fsp3) is 0.267. The zero-order valence-corrected chi connectivity index (χ0v) is 11.3. The number of aromatic nitrogens is 1. The minimum Gasteiger partial charge on any atom is -0.368 e. The number of benzene rings is 1. The Labute approximate surface area is 117 Å². The summed E-state index contributed by atoms with van der Waals surface area (Å²) in [7, 11) is 0. The molecule has 0 saturated heterocycles. The zero-order chi connectivity index (χ0) is 14.4. The van der Waals surface area contributed by atoms with Gasteiger partial charge in [-0.1, -0.05) is 30.3 Å². The lowest BCUT2D eigenvalue weighted by molar-refractivity contribution is -0.385. The topological polar surface area (TPSA) is 68.1 Å². The highest BCUT2D eigenvalue weighted by Gasteiger charge is 2.07. The average molecular weight is 271 g/mol. The predicted molar refractivity (Wildman–Crippen MR) is 78.7 cm³/mol. The lowest BCUT2D eigenvalue weighted by atomic mass is 10.1. The van der Waals surface area contributed by atoms with Gasteiger partial charge in [0.15, 0.2) is 0 Å². The van der Waals surface area contributed by atoms with Crippen molar-refractivity contribution >= 4 is 11.5 Å². The van der Waals surface area contributed by atoms with Crippen LogP contribution in [0.2, 0.25) is 0 Å². The van der Waals surface area contributed by atoms with Crippen LogP contribution in [0, 0.1) is 10.1 Å². The van der Waals surface area contributed by atoms with Crippen LogP contribution < -0.4 is 5.32 Å². The van der Waals surface area contributed by atoms with Gasteiger partial charge in [0, 0.05) is 12.1 Å². The number of hydrogen-bond acceptors (Lipinski definition) is 4. The third-order valence-corrected chi connectivity index (χ3v) is 3.06. The molecule has 1 unspecified atom stereocenters. The van der Waals surface area contributed by atoms with Crippen LogP contribution in [0.5, 0.6) is 0 Å². The number of pyridine rings is 1. The van der Waals surface area contributed by atoms with E-state index in [9.17, 15) is 10.1 Å². The SMILES string of the molecule is CC(CCc1ccccc1)Nc1ccc([N+](=O)[O-])cn1. The molecular weight excluding hydrogens is 254 g/mol. The molecule has 0 saturated carbocycles. The maximum atomic E-state index is 10.5. The second-order valence-corrected chi connectivity index (χ2v) is 4.73. The first-order valence-electron chi connectivity index (χ1n) is 6.56. The number of aryl methyl sites for hydroxylation is 1. The molecule has 2 rings (SSSR count). The minimum absolute atomic E-state index is 0.00693. The van der Waals surface area contributed by atoms with E-state index in [4.69, 9.17) is 0 Å². The van der Waals surface area contributed by atoms with E-state index in [-0.39, 0.29) is 11.7 Å². The molecule has 2 aromatic rings. The highest BCUT2D eigenvalue weighted by atomic mass is 16.6. The maximum absolute atomic E-state index is 10.5. The lowest BCUT2D eigenvalue weighted by Crippen LogP contribution is -2.16. The summed E-state index contributed by atoms with van der Waals surface area (Å²) in [6.07, 6.45) is 3.23. The standard InChI is InChI=1S/C15H17N3O2/c1-12(7-8-13-5-3-2-4-6-13)17-15-10-9-14(11-16-15)18(19)20/h2-6,9-12H,7-8H2,1H3,(H,16,17). The van der Waals surface area contributed by atoms with Crippen molar-refractivity contribution in [3.8, 4) is 0 Å². The van der Waals surface area contributed by atoms with Crippen molar-refractivity contribution in [1.82, 2.24) is 4.98 Å². The number of nitrogens with one attached hydrogen (secondary N) is 1. The Kier molecular flexibility index (Phi) is 4.65. The Bertz CT molecular complexity index is 555. The Morgan fingerprint density at radius 1 is 1.25 bits per heavy atom. The van der Waals surface area contributed by atoms with E-state index < -0.39 is 4.92 Å². The largest absolute Gasteiger partial charge is 0.368 e.